The first-order valence-electron chi connectivity index (χ1n) is 8.46. The fourth-order valence-corrected chi connectivity index (χ4v) is 2.81. The number of nitrogens with zero attached hydrogens (tertiary/aromatic N) is 3. The lowest BCUT2D eigenvalue weighted by molar-refractivity contribution is 0.206. The van der Waals surface area contributed by atoms with Gasteiger partial charge in [-0.1, -0.05) is 19.9 Å². The number of rotatable bonds is 7. The maximum Gasteiger partial charge on any atom is 0.411 e. The normalized spacial score (nSPS) is 12.9. The molecular weight excluding hydrogens is 346 g/mol. The van der Waals surface area contributed by atoms with Gasteiger partial charge in [-0.15, -0.1) is 5.10 Å². The number of nitriles is 1. The van der Waals surface area contributed by atoms with Crippen LogP contribution in [0.3, 0.4) is 0 Å². The molecule has 8 heteroatoms. The van der Waals surface area contributed by atoms with Crippen molar-refractivity contribution >= 4 is 6.09 Å². The number of hydrogen-bond acceptors (Lipinski definition) is 7. The average Bonchev–Trinajstić information content (AvgIpc) is 2.58. The molecule has 27 heavy (non-hydrogen) atoms. The molecule has 1 amide bonds. The molecule has 1 aromatic carbocycles. The molecule has 0 fully saturated rings. The smallest absolute Gasteiger partial charge is 0.411 e. The molecule has 0 saturated heterocycles. The zero-order chi connectivity index (χ0) is 20.0. The lowest BCUT2D eigenvalue weighted by Crippen LogP contribution is -2.43. The van der Waals surface area contributed by atoms with Crippen molar-refractivity contribution in [1.82, 2.24) is 10.2 Å². The fraction of sp³-hybridized carbons (Fsp3) is 0.368. The molecule has 0 saturated carbocycles. The third kappa shape index (κ3) is 5.94. The molecule has 2 rings (SSSR count). The number of carbonyl (C=O) groups is 1. The van der Waals surface area contributed by atoms with Gasteiger partial charge in [0.1, 0.15) is 18.4 Å². The topological polar surface area (TPSA) is 137 Å². The Labute approximate surface area is 158 Å². The van der Waals surface area contributed by atoms with Crippen LogP contribution in [0.5, 0.6) is 11.6 Å². The number of benzene rings is 1. The SMILES string of the molecule is CC(C)C[C@](C)(N)COc1ccc(-c2cnnc(OC(N)=O)c2)cc1C#N. The molecule has 0 aliphatic heterocycles. The number of hydrogen-bond donors (Lipinski definition) is 2. The van der Waals surface area contributed by atoms with E-state index in [0.717, 1.165) is 6.42 Å². The summed E-state index contributed by atoms with van der Waals surface area (Å²) in [6.07, 6.45) is 1.32. The van der Waals surface area contributed by atoms with Crippen molar-refractivity contribution in [2.75, 3.05) is 6.61 Å². The van der Waals surface area contributed by atoms with Crippen LogP contribution in [0.4, 0.5) is 4.79 Å². The van der Waals surface area contributed by atoms with Gasteiger partial charge < -0.3 is 20.9 Å². The molecule has 0 bridgehead atoms. The number of aromatic nitrogens is 2. The first kappa shape index (κ1) is 20.1. The van der Waals surface area contributed by atoms with E-state index in [1.807, 2.05) is 6.92 Å². The van der Waals surface area contributed by atoms with Gasteiger partial charge >= 0.3 is 6.09 Å². The summed E-state index contributed by atoms with van der Waals surface area (Å²) in [4.78, 5) is 10.8. The zero-order valence-corrected chi connectivity index (χ0v) is 15.6. The molecule has 0 radical (unpaired) electrons. The fourth-order valence-electron chi connectivity index (χ4n) is 2.81. The summed E-state index contributed by atoms with van der Waals surface area (Å²) in [6.45, 7) is 6.42. The van der Waals surface area contributed by atoms with E-state index in [4.69, 9.17) is 20.9 Å². The van der Waals surface area contributed by atoms with Crippen molar-refractivity contribution < 1.29 is 14.3 Å². The summed E-state index contributed by atoms with van der Waals surface area (Å²) in [5.41, 5.74) is 12.4. The maximum atomic E-state index is 10.8. The Morgan fingerprint density at radius 3 is 2.70 bits per heavy atom. The summed E-state index contributed by atoms with van der Waals surface area (Å²) >= 11 is 0. The highest BCUT2D eigenvalue weighted by Crippen LogP contribution is 2.28. The van der Waals surface area contributed by atoms with Crippen molar-refractivity contribution in [3.63, 3.8) is 0 Å². The lowest BCUT2D eigenvalue weighted by Gasteiger charge is -2.26. The number of nitrogens with two attached hydrogens (primary N) is 2. The minimum atomic E-state index is -0.978. The van der Waals surface area contributed by atoms with Gasteiger partial charge in [-0.2, -0.15) is 10.4 Å². The van der Waals surface area contributed by atoms with E-state index in [-0.39, 0.29) is 5.88 Å². The van der Waals surface area contributed by atoms with Gasteiger partial charge in [0.25, 0.3) is 0 Å². The van der Waals surface area contributed by atoms with Crippen LogP contribution < -0.4 is 20.9 Å². The van der Waals surface area contributed by atoms with E-state index >= 15 is 0 Å². The monoisotopic (exact) mass is 369 g/mol. The second-order valence-electron chi connectivity index (χ2n) is 7.07. The molecule has 2 aromatic rings. The van der Waals surface area contributed by atoms with Gasteiger partial charge in [0.15, 0.2) is 0 Å². The van der Waals surface area contributed by atoms with E-state index in [1.165, 1.54) is 12.3 Å². The summed E-state index contributed by atoms with van der Waals surface area (Å²) < 4.78 is 10.5. The minimum absolute atomic E-state index is 0.0218. The predicted molar refractivity (Wildman–Crippen MR) is 99.9 cm³/mol. The van der Waals surface area contributed by atoms with Gasteiger partial charge in [0.05, 0.1) is 11.8 Å². The van der Waals surface area contributed by atoms with Crippen LogP contribution in [0.1, 0.15) is 32.8 Å². The maximum absolute atomic E-state index is 10.8. The van der Waals surface area contributed by atoms with Crippen LogP contribution in [0.2, 0.25) is 0 Å². The highest BCUT2D eigenvalue weighted by Gasteiger charge is 2.21. The number of primary amides is 1. The molecule has 0 aliphatic rings. The van der Waals surface area contributed by atoms with Crippen LogP contribution >= 0.6 is 0 Å². The molecule has 8 nitrogen and oxygen atoms in total. The van der Waals surface area contributed by atoms with Crippen LogP contribution in [-0.2, 0) is 0 Å². The Kier molecular flexibility index (Phi) is 6.32. The zero-order valence-electron chi connectivity index (χ0n) is 15.6. The predicted octanol–water partition coefficient (Wildman–Crippen LogP) is 2.62. The number of carbonyl (C=O) groups excluding carboxylic acids is 1. The van der Waals surface area contributed by atoms with Crippen LogP contribution in [0.15, 0.2) is 30.5 Å². The van der Waals surface area contributed by atoms with Crippen molar-refractivity contribution in [2.24, 2.45) is 17.4 Å². The van der Waals surface area contributed by atoms with Gasteiger partial charge in [0, 0.05) is 17.2 Å². The van der Waals surface area contributed by atoms with Gasteiger partial charge in [-0.05, 0) is 37.0 Å². The third-order valence-corrected chi connectivity index (χ3v) is 3.70. The number of ether oxygens (including phenoxy) is 2. The highest BCUT2D eigenvalue weighted by atomic mass is 16.6. The molecule has 0 unspecified atom stereocenters. The standard InChI is InChI=1S/C19H23N5O3/c1-12(2)8-19(3,22)11-26-16-5-4-13(6-14(16)9-20)15-7-17(24-23-10-15)27-18(21)25/h4-7,10,12H,8,11,22H2,1-3H3,(H2,21,25)/t19-/m0/s1. The van der Waals surface area contributed by atoms with E-state index in [1.54, 1.807) is 18.2 Å². The summed E-state index contributed by atoms with van der Waals surface area (Å²) in [6, 6.07) is 8.77. The Bertz CT molecular complexity index is 859. The Balaban J connectivity index is 2.21. The quantitative estimate of drug-likeness (QED) is 0.765. The second kappa shape index (κ2) is 8.47. The first-order chi connectivity index (χ1) is 12.7. The van der Waals surface area contributed by atoms with Crippen LogP contribution in [0, 0.1) is 17.2 Å². The van der Waals surface area contributed by atoms with Crippen LogP contribution in [0.25, 0.3) is 11.1 Å². The highest BCUT2D eigenvalue weighted by molar-refractivity contribution is 5.70. The summed E-state index contributed by atoms with van der Waals surface area (Å²) in [5.74, 6) is 0.876. The minimum Gasteiger partial charge on any atom is -0.490 e. The summed E-state index contributed by atoms with van der Waals surface area (Å²) in [7, 11) is 0. The van der Waals surface area contributed by atoms with E-state index in [9.17, 15) is 10.1 Å². The van der Waals surface area contributed by atoms with Crippen molar-refractivity contribution in [2.45, 2.75) is 32.7 Å². The Morgan fingerprint density at radius 2 is 2.07 bits per heavy atom. The van der Waals surface area contributed by atoms with Gasteiger partial charge in [-0.25, -0.2) is 4.79 Å². The Hall–Kier alpha value is -3.18. The molecule has 142 valence electrons. The molecule has 1 aromatic heterocycles. The number of amides is 1. The average molecular weight is 369 g/mol. The van der Waals surface area contributed by atoms with Gasteiger partial charge in [0.2, 0.25) is 5.88 Å². The molecule has 1 atom stereocenters. The largest absolute Gasteiger partial charge is 0.490 e. The molecule has 1 heterocycles. The van der Waals surface area contributed by atoms with Crippen molar-refractivity contribution in [3.05, 3.63) is 36.0 Å². The van der Waals surface area contributed by atoms with Crippen LogP contribution in [-0.4, -0.2) is 28.4 Å². The van der Waals surface area contributed by atoms with E-state index < -0.39 is 11.6 Å². The second-order valence-corrected chi connectivity index (χ2v) is 7.07. The molecule has 0 spiro atoms. The lowest BCUT2D eigenvalue weighted by atomic mass is 9.93. The Morgan fingerprint density at radius 1 is 1.33 bits per heavy atom. The molecular formula is C19H23N5O3. The van der Waals surface area contributed by atoms with Crippen molar-refractivity contribution in [1.29, 1.82) is 5.26 Å². The van der Waals surface area contributed by atoms with E-state index in [0.29, 0.717) is 35.0 Å². The molecule has 4 N–H and O–H groups in total. The molecule has 0 aliphatic carbocycles. The summed E-state index contributed by atoms with van der Waals surface area (Å²) in [5, 5.41) is 16.9. The third-order valence-electron chi connectivity index (χ3n) is 3.70. The first-order valence-corrected chi connectivity index (χ1v) is 8.46. The van der Waals surface area contributed by atoms with Gasteiger partial charge in [-0.3, -0.25) is 0 Å². The van der Waals surface area contributed by atoms with E-state index in [2.05, 4.69) is 30.1 Å². The van der Waals surface area contributed by atoms with Crippen molar-refractivity contribution in [3.8, 4) is 28.8 Å².